The van der Waals surface area contributed by atoms with Crippen molar-refractivity contribution in [1.29, 1.82) is 0 Å². The Hall–Kier alpha value is -4.04. The second kappa shape index (κ2) is 9.68. The average Bonchev–Trinajstić information content (AvgIpc) is 2.85. The molecular weight excluding hydrogens is 473 g/mol. The van der Waals surface area contributed by atoms with E-state index >= 15 is 0 Å². The van der Waals surface area contributed by atoms with E-state index in [0.29, 0.717) is 46.5 Å². The maximum absolute atomic E-state index is 13.3. The summed E-state index contributed by atoms with van der Waals surface area (Å²) in [5.74, 6) is 0.769. The number of urea groups is 1. The molecule has 3 aromatic carbocycles. The third kappa shape index (κ3) is 5.07. The van der Waals surface area contributed by atoms with Crippen LogP contribution < -0.4 is 20.3 Å². The molecule has 4 aromatic rings. The number of hydrogen-bond donors (Lipinski definition) is 2. The minimum Gasteiger partial charge on any atom is -0.486 e. The van der Waals surface area contributed by atoms with Crippen LogP contribution >= 0.6 is 11.6 Å². The topological polar surface area (TPSA) is 83.7 Å². The second-order valence-corrected chi connectivity index (χ2v) is 8.50. The number of carbonyl (C=O) groups is 1. The van der Waals surface area contributed by atoms with Crippen LogP contribution in [0.5, 0.6) is 11.5 Å². The van der Waals surface area contributed by atoms with Crippen molar-refractivity contribution in [3.8, 4) is 11.5 Å². The van der Waals surface area contributed by atoms with Gasteiger partial charge in [-0.3, -0.25) is 4.79 Å². The lowest BCUT2D eigenvalue weighted by Gasteiger charge is -2.24. The number of halogens is 2. The number of nitrogens with zero attached hydrogens (tertiary/aromatic N) is 1. The van der Waals surface area contributed by atoms with Crippen LogP contribution in [0.25, 0.3) is 10.9 Å². The molecule has 0 bridgehead atoms. The molecule has 0 fully saturated rings. The average molecular weight is 494 g/mol. The van der Waals surface area contributed by atoms with E-state index in [4.69, 9.17) is 21.1 Å². The Morgan fingerprint density at radius 2 is 1.66 bits per heavy atom. The highest BCUT2D eigenvalue weighted by atomic mass is 35.5. The number of carbonyl (C=O) groups excluding carboxylic acids is 1. The summed E-state index contributed by atoms with van der Waals surface area (Å²) in [5, 5.41) is 4.01. The molecule has 5 rings (SSSR count). The first-order valence-electron chi connectivity index (χ1n) is 11.0. The SMILES string of the molecule is O=C(Nc1ccc(F)cc1)N(Cc1ccccc1Cl)Cc1cc2cc3c(cc2[nH]c1=O)OCCO3. The Morgan fingerprint density at radius 3 is 2.40 bits per heavy atom. The molecule has 35 heavy (non-hydrogen) atoms. The van der Waals surface area contributed by atoms with Crippen molar-refractivity contribution in [2.75, 3.05) is 18.5 Å². The van der Waals surface area contributed by atoms with Crippen LogP contribution in [0.3, 0.4) is 0 Å². The van der Waals surface area contributed by atoms with Gasteiger partial charge in [0.2, 0.25) is 0 Å². The van der Waals surface area contributed by atoms with Gasteiger partial charge in [-0.05, 0) is 48.0 Å². The van der Waals surface area contributed by atoms with Crippen LogP contribution in [-0.4, -0.2) is 29.1 Å². The highest BCUT2D eigenvalue weighted by Gasteiger charge is 2.19. The predicted molar refractivity (Wildman–Crippen MR) is 132 cm³/mol. The van der Waals surface area contributed by atoms with Crippen molar-refractivity contribution in [3.05, 3.63) is 99.1 Å². The molecule has 0 saturated carbocycles. The summed E-state index contributed by atoms with van der Waals surface area (Å²) in [7, 11) is 0. The first-order chi connectivity index (χ1) is 17.0. The molecule has 0 radical (unpaired) electrons. The van der Waals surface area contributed by atoms with E-state index in [2.05, 4.69) is 10.3 Å². The molecule has 0 saturated heterocycles. The van der Waals surface area contributed by atoms with Crippen LogP contribution in [0.1, 0.15) is 11.1 Å². The molecule has 2 heterocycles. The number of hydrogen-bond acceptors (Lipinski definition) is 4. The van der Waals surface area contributed by atoms with Gasteiger partial charge in [0.25, 0.3) is 5.56 Å². The minimum absolute atomic E-state index is 0.0119. The molecule has 1 aliphatic rings. The molecule has 7 nitrogen and oxygen atoms in total. The van der Waals surface area contributed by atoms with E-state index in [1.165, 1.54) is 29.2 Å². The molecule has 0 spiro atoms. The Bertz CT molecular complexity index is 1460. The smallest absolute Gasteiger partial charge is 0.322 e. The fourth-order valence-electron chi connectivity index (χ4n) is 3.88. The highest BCUT2D eigenvalue weighted by Crippen LogP contribution is 2.33. The lowest BCUT2D eigenvalue weighted by molar-refractivity contribution is 0.172. The molecule has 2 amide bonds. The summed E-state index contributed by atoms with van der Waals surface area (Å²) in [6.45, 7) is 1.06. The maximum atomic E-state index is 13.3. The van der Waals surface area contributed by atoms with E-state index in [1.54, 1.807) is 30.3 Å². The summed E-state index contributed by atoms with van der Waals surface area (Å²) >= 11 is 6.34. The number of rotatable bonds is 5. The van der Waals surface area contributed by atoms with Crippen molar-refractivity contribution in [1.82, 2.24) is 9.88 Å². The molecule has 9 heteroatoms. The number of ether oxygens (including phenoxy) is 2. The van der Waals surface area contributed by atoms with Crippen LogP contribution in [0.15, 0.2) is 71.5 Å². The van der Waals surface area contributed by atoms with Gasteiger partial charge in [0.1, 0.15) is 19.0 Å². The fourth-order valence-corrected chi connectivity index (χ4v) is 4.07. The van der Waals surface area contributed by atoms with E-state index in [1.807, 2.05) is 12.1 Å². The van der Waals surface area contributed by atoms with E-state index in [-0.39, 0.29) is 18.6 Å². The van der Waals surface area contributed by atoms with Crippen LogP contribution in [0.4, 0.5) is 14.9 Å². The van der Waals surface area contributed by atoms with Crippen molar-refractivity contribution < 1.29 is 18.7 Å². The zero-order valence-corrected chi connectivity index (χ0v) is 19.3. The molecule has 0 unspecified atom stereocenters. The normalized spacial score (nSPS) is 12.4. The van der Waals surface area contributed by atoms with Crippen LogP contribution in [-0.2, 0) is 13.1 Å². The first kappa shape index (κ1) is 22.7. The molecule has 178 valence electrons. The van der Waals surface area contributed by atoms with Gasteiger partial charge in [0, 0.05) is 34.3 Å². The van der Waals surface area contributed by atoms with E-state index < -0.39 is 11.8 Å². The number of fused-ring (bicyclic) bond motifs is 2. The molecule has 1 aliphatic heterocycles. The zero-order chi connectivity index (χ0) is 24.4. The van der Waals surface area contributed by atoms with Gasteiger partial charge in [0.05, 0.1) is 12.1 Å². The highest BCUT2D eigenvalue weighted by molar-refractivity contribution is 6.31. The summed E-state index contributed by atoms with van der Waals surface area (Å²) in [6, 6.07) is 17.4. The summed E-state index contributed by atoms with van der Waals surface area (Å²) in [5.41, 5.74) is 1.82. The standard InChI is InChI=1S/C26H21ClFN3O4/c27-21-4-2-1-3-16(21)14-31(26(33)29-20-7-5-19(28)6-8-20)15-18-11-17-12-23-24(35-10-9-34-23)13-22(17)30-25(18)32/h1-8,11-13H,9-10,14-15H2,(H,29,33)(H,30,32). The Morgan fingerprint density at radius 1 is 0.971 bits per heavy atom. The number of aromatic amines is 1. The third-order valence-corrected chi connectivity index (χ3v) is 6.02. The largest absolute Gasteiger partial charge is 0.486 e. The monoisotopic (exact) mass is 493 g/mol. The molecular formula is C26H21ClFN3O4. The van der Waals surface area contributed by atoms with Crippen LogP contribution in [0, 0.1) is 5.82 Å². The van der Waals surface area contributed by atoms with Gasteiger partial charge in [-0.15, -0.1) is 0 Å². The van der Waals surface area contributed by atoms with Crippen molar-refractivity contribution in [2.45, 2.75) is 13.1 Å². The third-order valence-electron chi connectivity index (χ3n) is 5.65. The zero-order valence-electron chi connectivity index (χ0n) is 18.5. The summed E-state index contributed by atoms with van der Waals surface area (Å²) in [6.07, 6.45) is 0. The maximum Gasteiger partial charge on any atom is 0.322 e. The quantitative estimate of drug-likeness (QED) is 0.394. The molecule has 1 aromatic heterocycles. The Balaban J connectivity index is 1.47. The lowest BCUT2D eigenvalue weighted by Crippen LogP contribution is -2.35. The summed E-state index contributed by atoms with van der Waals surface area (Å²) < 4.78 is 24.5. The van der Waals surface area contributed by atoms with E-state index in [0.717, 1.165) is 10.9 Å². The number of nitrogens with one attached hydrogen (secondary N) is 2. The number of aromatic nitrogens is 1. The molecule has 0 aliphatic carbocycles. The second-order valence-electron chi connectivity index (χ2n) is 8.09. The number of anilines is 1. The minimum atomic E-state index is -0.460. The van der Waals surface area contributed by atoms with Gasteiger partial charge in [-0.25, -0.2) is 9.18 Å². The van der Waals surface area contributed by atoms with Crippen molar-refractivity contribution in [3.63, 3.8) is 0 Å². The Labute approximate surface area is 205 Å². The number of amides is 2. The van der Waals surface area contributed by atoms with Crippen molar-refractivity contribution in [2.24, 2.45) is 0 Å². The van der Waals surface area contributed by atoms with Gasteiger partial charge in [-0.1, -0.05) is 29.8 Å². The summed E-state index contributed by atoms with van der Waals surface area (Å²) in [4.78, 5) is 30.5. The number of H-pyrrole nitrogens is 1. The molecule has 0 atom stereocenters. The van der Waals surface area contributed by atoms with Crippen LogP contribution in [0.2, 0.25) is 5.02 Å². The lowest BCUT2D eigenvalue weighted by atomic mass is 10.1. The first-order valence-corrected chi connectivity index (χ1v) is 11.3. The Kier molecular flexibility index (Phi) is 6.29. The number of benzene rings is 3. The number of pyridine rings is 1. The van der Waals surface area contributed by atoms with Gasteiger partial charge in [0.15, 0.2) is 11.5 Å². The predicted octanol–water partition coefficient (Wildman–Crippen LogP) is 5.33. The van der Waals surface area contributed by atoms with Gasteiger partial charge >= 0.3 is 6.03 Å². The van der Waals surface area contributed by atoms with Gasteiger partial charge in [-0.2, -0.15) is 0 Å². The van der Waals surface area contributed by atoms with Crippen molar-refractivity contribution >= 4 is 34.2 Å². The van der Waals surface area contributed by atoms with E-state index in [9.17, 15) is 14.0 Å². The molecule has 2 N–H and O–H groups in total. The fraction of sp³-hybridized carbons (Fsp3) is 0.154. The van der Waals surface area contributed by atoms with Gasteiger partial charge < -0.3 is 24.7 Å².